The van der Waals surface area contributed by atoms with Crippen LogP contribution in [0.1, 0.15) is 19.4 Å². The Bertz CT molecular complexity index is 962. The van der Waals surface area contributed by atoms with Crippen LogP contribution in [-0.4, -0.2) is 36.2 Å². The van der Waals surface area contributed by atoms with Gasteiger partial charge in [0.15, 0.2) is 11.6 Å². The van der Waals surface area contributed by atoms with E-state index in [1.165, 1.54) is 0 Å². The summed E-state index contributed by atoms with van der Waals surface area (Å²) in [6, 6.07) is 8.37. The predicted octanol–water partition coefficient (Wildman–Crippen LogP) is -0.400. The Morgan fingerprint density at radius 2 is 1.90 bits per heavy atom. The minimum absolute atomic E-state index is 0. The number of pyridine rings is 1. The number of rotatable bonds is 3. The van der Waals surface area contributed by atoms with Crippen molar-refractivity contribution in [2.24, 2.45) is 5.92 Å². The van der Waals surface area contributed by atoms with E-state index < -0.39 is 29.2 Å². The molecule has 4 rings (SSSR count). The van der Waals surface area contributed by atoms with Gasteiger partial charge in [-0.2, -0.15) is 13.2 Å². The molecular weight excluding hydrogens is 410 g/mol. The molecule has 2 aliphatic heterocycles. The van der Waals surface area contributed by atoms with E-state index in [0.29, 0.717) is 25.5 Å². The first-order valence-corrected chi connectivity index (χ1v) is 9.13. The molecule has 1 saturated heterocycles. The van der Waals surface area contributed by atoms with Gasteiger partial charge in [-0.25, -0.2) is 4.98 Å². The van der Waals surface area contributed by atoms with Crippen molar-refractivity contribution >= 4 is 23.2 Å². The van der Waals surface area contributed by atoms with Crippen molar-refractivity contribution in [2.75, 3.05) is 29.4 Å². The van der Waals surface area contributed by atoms with Crippen molar-refractivity contribution in [3.63, 3.8) is 0 Å². The Morgan fingerprint density at radius 1 is 1.23 bits per heavy atom. The number of fused-ring (bicyclic) bond motifs is 1. The summed E-state index contributed by atoms with van der Waals surface area (Å²) in [6.07, 6.45) is -3.71. The Labute approximate surface area is 193 Å². The summed E-state index contributed by atoms with van der Waals surface area (Å²) >= 11 is 0. The second kappa shape index (κ2) is 7.94. The third-order valence-corrected chi connectivity index (χ3v) is 5.06. The fourth-order valence-electron chi connectivity index (χ4n) is 3.57. The number of carboxylic acid groups (broad SMARTS) is 1. The SMILES string of the molecule is CC1(C)CN(c2cccc(N3CC(C(=O)[O-])C3)c2)c2ncc(C(F)(F)F)cc2O1.[Na+]. The van der Waals surface area contributed by atoms with Gasteiger partial charge in [-0.1, -0.05) is 6.07 Å². The minimum atomic E-state index is -4.51. The predicted molar refractivity (Wildman–Crippen MR) is 98.1 cm³/mol. The van der Waals surface area contributed by atoms with E-state index in [9.17, 15) is 23.1 Å². The van der Waals surface area contributed by atoms with Crippen molar-refractivity contribution in [3.05, 3.63) is 42.1 Å². The number of benzene rings is 1. The molecule has 0 radical (unpaired) electrons. The van der Waals surface area contributed by atoms with Gasteiger partial charge in [0, 0.05) is 42.5 Å². The molecule has 0 N–H and O–H groups in total. The zero-order valence-electron chi connectivity index (χ0n) is 16.9. The van der Waals surface area contributed by atoms with Gasteiger partial charge in [-0.15, -0.1) is 0 Å². The Hall–Kier alpha value is -1.97. The van der Waals surface area contributed by atoms with Crippen LogP contribution in [0.25, 0.3) is 0 Å². The molecule has 1 aromatic carbocycles. The molecule has 2 aromatic rings. The molecule has 10 heteroatoms. The molecule has 0 aliphatic carbocycles. The van der Waals surface area contributed by atoms with Crippen LogP contribution >= 0.6 is 0 Å². The van der Waals surface area contributed by atoms with E-state index >= 15 is 0 Å². The molecule has 3 heterocycles. The van der Waals surface area contributed by atoms with E-state index in [0.717, 1.165) is 23.6 Å². The molecule has 0 atom stereocenters. The number of nitrogens with zero attached hydrogens (tertiary/aromatic N) is 3. The molecule has 30 heavy (non-hydrogen) atoms. The van der Waals surface area contributed by atoms with Gasteiger partial charge in [0.05, 0.1) is 12.1 Å². The van der Waals surface area contributed by atoms with Gasteiger partial charge in [0.2, 0.25) is 0 Å². The molecule has 2 aliphatic rings. The van der Waals surface area contributed by atoms with Gasteiger partial charge >= 0.3 is 35.7 Å². The summed E-state index contributed by atoms with van der Waals surface area (Å²) in [5, 5.41) is 10.9. The minimum Gasteiger partial charge on any atom is -0.550 e. The number of aliphatic carboxylic acids is 1. The van der Waals surface area contributed by atoms with Gasteiger partial charge < -0.3 is 24.4 Å². The number of carbonyl (C=O) groups is 1. The second-order valence-corrected chi connectivity index (χ2v) is 7.93. The summed E-state index contributed by atoms with van der Waals surface area (Å²) in [4.78, 5) is 18.7. The van der Waals surface area contributed by atoms with E-state index in [2.05, 4.69) is 4.98 Å². The molecule has 154 valence electrons. The number of halogens is 3. The van der Waals surface area contributed by atoms with E-state index in [-0.39, 0.29) is 35.3 Å². The number of anilines is 3. The normalized spacial score (nSPS) is 18.0. The first-order chi connectivity index (χ1) is 13.5. The topological polar surface area (TPSA) is 68.7 Å². The van der Waals surface area contributed by atoms with Crippen LogP contribution < -0.4 is 49.2 Å². The smallest absolute Gasteiger partial charge is 0.550 e. The Balaban J connectivity index is 0.00000256. The summed E-state index contributed by atoms with van der Waals surface area (Å²) in [5.41, 5.74) is -0.0234. The Kier molecular flexibility index (Phi) is 6.01. The molecule has 1 aromatic heterocycles. The summed E-state index contributed by atoms with van der Waals surface area (Å²) in [6.45, 7) is 4.72. The Morgan fingerprint density at radius 3 is 2.53 bits per heavy atom. The fraction of sp³-hybridized carbons (Fsp3) is 0.400. The monoisotopic (exact) mass is 429 g/mol. The molecule has 6 nitrogen and oxygen atoms in total. The standard InChI is InChI=1S/C20H20F3N3O3.Na/c1-19(2)11-26(17-16(29-19)6-13(8-24-17)20(21,22)23)15-5-3-4-14(7-15)25-9-12(10-25)18(27)28;/h3-8,12H,9-11H2,1-2H3,(H,27,28);/q;+1/p-1. The molecule has 0 unspecified atom stereocenters. The molecule has 0 spiro atoms. The van der Waals surface area contributed by atoms with E-state index in [1.807, 2.05) is 34.1 Å². The number of alkyl halides is 3. The van der Waals surface area contributed by atoms with Crippen molar-refractivity contribution in [3.8, 4) is 5.75 Å². The number of hydrogen-bond donors (Lipinski definition) is 0. The largest absolute Gasteiger partial charge is 1.00 e. The average Bonchev–Trinajstić information content (AvgIpc) is 2.57. The van der Waals surface area contributed by atoms with Gasteiger partial charge in [0.1, 0.15) is 5.60 Å². The van der Waals surface area contributed by atoms with Crippen LogP contribution in [0.3, 0.4) is 0 Å². The first kappa shape index (κ1) is 22.7. The zero-order valence-corrected chi connectivity index (χ0v) is 18.9. The summed E-state index contributed by atoms with van der Waals surface area (Å²) in [5.74, 6) is -1.18. The van der Waals surface area contributed by atoms with E-state index in [4.69, 9.17) is 4.74 Å². The number of aromatic nitrogens is 1. The van der Waals surface area contributed by atoms with Crippen LogP contribution in [0, 0.1) is 5.92 Å². The van der Waals surface area contributed by atoms with E-state index in [1.54, 1.807) is 13.8 Å². The van der Waals surface area contributed by atoms with Crippen molar-refractivity contribution in [1.29, 1.82) is 0 Å². The maximum Gasteiger partial charge on any atom is 1.00 e. The molecule has 0 amide bonds. The quantitative estimate of drug-likeness (QED) is 0.619. The maximum atomic E-state index is 13.1. The number of carbonyl (C=O) groups excluding carboxylic acids is 1. The van der Waals surface area contributed by atoms with Gasteiger partial charge in [-0.3, -0.25) is 0 Å². The van der Waals surface area contributed by atoms with Crippen molar-refractivity contribution in [1.82, 2.24) is 4.98 Å². The van der Waals surface area contributed by atoms with Crippen LogP contribution in [0.15, 0.2) is 36.5 Å². The molecule has 1 fully saturated rings. The van der Waals surface area contributed by atoms with Crippen LogP contribution in [0.5, 0.6) is 5.75 Å². The van der Waals surface area contributed by atoms with Crippen molar-refractivity contribution in [2.45, 2.75) is 25.6 Å². The third kappa shape index (κ3) is 4.38. The number of carboxylic acids is 1. The summed E-state index contributed by atoms with van der Waals surface area (Å²) < 4.78 is 45.0. The van der Waals surface area contributed by atoms with Crippen LogP contribution in [0.2, 0.25) is 0 Å². The first-order valence-electron chi connectivity index (χ1n) is 9.13. The molecule has 0 saturated carbocycles. The summed E-state index contributed by atoms with van der Waals surface area (Å²) in [7, 11) is 0. The van der Waals surface area contributed by atoms with Gasteiger partial charge in [0.25, 0.3) is 0 Å². The average molecular weight is 429 g/mol. The van der Waals surface area contributed by atoms with Gasteiger partial charge in [-0.05, 0) is 38.1 Å². The van der Waals surface area contributed by atoms with Crippen LogP contribution in [0.4, 0.5) is 30.4 Å². The van der Waals surface area contributed by atoms with Crippen LogP contribution in [-0.2, 0) is 11.0 Å². The number of ether oxygens (including phenoxy) is 1. The molecular formula is C20H19F3N3NaO3. The third-order valence-electron chi connectivity index (χ3n) is 5.06. The fourth-order valence-corrected chi connectivity index (χ4v) is 3.57. The second-order valence-electron chi connectivity index (χ2n) is 7.93. The zero-order chi connectivity index (χ0) is 21.0. The van der Waals surface area contributed by atoms with Crippen molar-refractivity contribution < 1.29 is 57.4 Å². The number of hydrogen-bond acceptors (Lipinski definition) is 6. The maximum absolute atomic E-state index is 13.1. The molecule has 0 bridgehead atoms.